The summed E-state index contributed by atoms with van der Waals surface area (Å²) < 4.78 is 10.8. The topological polar surface area (TPSA) is 73.3 Å². The Hall–Kier alpha value is -2.44. The Labute approximate surface area is 123 Å². The van der Waals surface area contributed by atoms with Gasteiger partial charge in [-0.05, 0) is 6.42 Å². The van der Waals surface area contributed by atoms with Gasteiger partial charge in [0, 0.05) is 37.5 Å². The van der Waals surface area contributed by atoms with E-state index in [0.29, 0.717) is 24.3 Å². The molecule has 7 nitrogen and oxygen atoms in total. The predicted molar refractivity (Wildman–Crippen MR) is 76.4 cm³/mol. The molecule has 0 saturated carbocycles. The zero-order valence-corrected chi connectivity index (χ0v) is 11.8. The van der Waals surface area contributed by atoms with E-state index in [0.717, 1.165) is 25.3 Å². The minimum Gasteiger partial charge on any atom is -0.481 e. The predicted octanol–water partition coefficient (Wildman–Crippen LogP) is 1.18. The molecule has 7 heteroatoms. The largest absolute Gasteiger partial charge is 0.481 e. The molecule has 1 fully saturated rings. The van der Waals surface area contributed by atoms with Crippen LogP contribution in [0, 0.1) is 5.92 Å². The third-order valence-corrected chi connectivity index (χ3v) is 3.45. The Morgan fingerprint density at radius 2 is 2.19 bits per heavy atom. The smallest absolute Gasteiger partial charge is 0.232 e. The first kappa shape index (κ1) is 13.5. The first-order valence-electron chi connectivity index (χ1n) is 6.85. The van der Waals surface area contributed by atoms with Gasteiger partial charge in [0.05, 0.1) is 19.9 Å². The van der Waals surface area contributed by atoms with Gasteiger partial charge in [0.15, 0.2) is 0 Å². The van der Waals surface area contributed by atoms with Gasteiger partial charge in [-0.3, -0.25) is 4.98 Å². The number of nitrogens with zero attached hydrogens (tertiary/aromatic N) is 5. The Balaban J connectivity index is 1.55. The highest BCUT2D eigenvalue weighted by Gasteiger charge is 2.24. The summed E-state index contributed by atoms with van der Waals surface area (Å²) >= 11 is 0. The maximum Gasteiger partial charge on any atom is 0.232 e. The Morgan fingerprint density at radius 3 is 3.00 bits per heavy atom. The Kier molecular flexibility index (Phi) is 4.09. The molecule has 0 amide bonds. The molecule has 1 aliphatic rings. The van der Waals surface area contributed by atoms with E-state index in [1.807, 2.05) is 6.07 Å². The second-order valence-corrected chi connectivity index (χ2v) is 4.87. The molecule has 21 heavy (non-hydrogen) atoms. The summed E-state index contributed by atoms with van der Waals surface area (Å²) in [5, 5.41) is 0. The van der Waals surface area contributed by atoms with Crippen LogP contribution in [0.15, 0.2) is 31.0 Å². The highest BCUT2D eigenvalue weighted by atomic mass is 16.5. The van der Waals surface area contributed by atoms with Crippen LogP contribution in [-0.2, 0) is 0 Å². The molecule has 110 valence electrons. The second kappa shape index (κ2) is 6.34. The number of rotatable bonds is 5. The summed E-state index contributed by atoms with van der Waals surface area (Å²) in [5.74, 6) is 2.50. The molecule has 0 spiro atoms. The van der Waals surface area contributed by atoms with Crippen molar-refractivity contribution in [2.45, 2.75) is 6.42 Å². The lowest BCUT2D eigenvalue weighted by Crippen LogP contribution is -2.23. The lowest BCUT2D eigenvalue weighted by Gasteiger charge is -2.17. The molecule has 0 N–H and O–H groups in total. The zero-order chi connectivity index (χ0) is 14.5. The number of anilines is 1. The number of methoxy groups -OCH3 is 1. The Morgan fingerprint density at radius 1 is 1.24 bits per heavy atom. The first-order chi connectivity index (χ1) is 10.3. The van der Waals surface area contributed by atoms with Gasteiger partial charge in [-0.1, -0.05) is 0 Å². The van der Waals surface area contributed by atoms with Crippen LogP contribution in [0.4, 0.5) is 5.82 Å². The monoisotopic (exact) mass is 287 g/mol. The molecule has 3 heterocycles. The molecular weight excluding hydrogens is 270 g/mol. The van der Waals surface area contributed by atoms with E-state index in [1.54, 1.807) is 25.7 Å². The van der Waals surface area contributed by atoms with E-state index in [4.69, 9.17) is 9.47 Å². The van der Waals surface area contributed by atoms with Gasteiger partial charge in [0.1, 0.15) is 12.1 Å². The Bertz CT molecular complexity index is 581. The number of ether oxygens (including phenoxy) is 2. The van der Waals surface area contributed by atoms with Crippen molar-refractivity contribution >= 4 is 5.82 Å². The normalized spacial score (nSPS) is 17.8. The maximum atomic E-state index is 5.66. The minimum absolute atomic E-state index is 0.452. The fourth-order valence-corrected chi connectivity index (χ4v) is 2.35. The summed E-state index contributed by atoms with van der Waals surface area (Å²) in [5.41, 5.74) is 0. The van der Waals surface area contributed by atoms with Crippen molar-refractivity contribution in [2.24, 2.45) is 5.92 Å². The van der Waals surface area contributed by atoms with Gasteiger partial charge in [-0.25, -0.2) is 15.0 Å². The van der Waals surface area contributed by atoms with Crippen LogP contribution < -0.4 is 14.4 Å². The van der Waals surface area contributed by atoms with Crippen LogP contribution in [-0.4, -0.2) is 46.7 Å². The van der Waals surface area contributed by atoms with Gasteiger partial charge in [0.2, 0.25) is 11.8 Å². The number of hydrogen-bond donors (Lipinski definition) is 0. The summed E-state index contributed by atoms with van der Waals surface area (Å²) in [7, 11) is 1.60. The summed E-state index contributed by atoms with van der Waals surface area (Å²) in [6.45, 7) is 2.49. The number of aromatic nitrogens is 4. The molecule has 2 aromatic heterocycles. The van der Waals surface area contributed by atoms with E-state index in [-0.39, 0.29) is 0 Å². The molecule has 2 aromatic rings. The van der Waals surface area contributed by atoms with Crippen molar-refractivity contribution in [2.75, 3.05) is 31.7 Å². The zero-order valence-electron chi connectivity index (χ0n) is 11.8. The lowest BCUT2D eigenvalue weighted by atomic mass is 10.1. The fraction of sp³-hybridized carbons (Fsp3) is 0.429. The highest BCUT2D eigenvalue weighted by molar-refractivity contribution is 5.41. The van der Waals surface area contributed by atoms with Crippen LogP contribution in [0.1, 0.15) is 6.42 Å². The molecule has 1 aliphatic heterocycles. The third-order valence-electron chi connectivity index (χ3n) is 3.45. The second-order valence-electron chi connectivity index (χ2n) is 4.87. The molecule has 0 radical (unpaired) electrons. The van der Waals surface area contributed by atoms with Crippen molar-refractivity contribution in [1.82, 2.24) is 19.9 Å². The average Bonchev–Trinajstić information content (AvgIpc) is 3.03. The van der Waals surface area contributed by atoms with Crippen molar-refractivity contribution in [3.05, 3.63) is 31.0 Å². The van der Waals surface area contributed by atoms with E-state index in [2.05, 4.69) is 24.8 Å². The van der Waals surface area contributed by atoms with Crippen molar-refractivity contribution in [3.8, 4) is 11.8 Å². The van der Waals surface area contributed by atoms with E-state index >= 15 is 0 Å². The van der Waals surface area contributed by atoms with Crippen LogP contribution in [0.25, 0.3) is 0 Å². The molecule has 1 atom stereocenters. The molecule has 0 aliphatic carbocycles. The average molecular weight is 287 g/mol. The maximum absolute atomic E-state index is 5.66. The van der Waals surface area contributed by atoms with Gasteiger partial charge in [-0.2, -0.15) is 0 Å². The van der Waals surface area contributed by atoms with Gasteiger partial charge in [0.25, 0.3) is 0 Å². The van der Waals surface area contributed by atoms with Crippen LogP contribution in [0.5, 0.6) is 11.8 Å². The first-order valence-corrected chi connectivity index (χ1v) is 6.85. The molecule has 1 saturated heterocycles. The van der Waals surface area contributed by atoms with Crippen LogP contribution in [0.3, 0.4) is 0 Å². The summed E-state index contributed by atoms with van der Waals surface area (Å²) in [6, 6.07) is 1.85. The molecule has 3 rings (SSSR count). The van der Waals surface area contributed by atoms with Crippen LogP contribution in [0.2, 0.25) is 0 Å². The highest BCUT2D eigenvalue weighted by Crippen LogP contribution is 2.24. The van der Waals surface area contributed by atoms with E-state index in [9.17, 15) is 0 Å². The quantitative estimate of drug-likeness (QED) is 0.817. The van der Waals surface area contributed by atoms with Crippen molar-refractivity contribution in [1.29, 1.82) is 0 Å². The molecule has 1 unspecified atom stereocenters. The molecule has 0 aromatic carbocycles. The SMILES string of the molecule is COc1cc(N2CCC(COc3cnccn3)C2)ncn1. The summed E-state index contributed by atoms with van der Waals surface area (Å²) in [6.07, 6.45) is 7.47. The van der Waals surface area contributed by atoms with Gasteiger partial charge < -0.3 is 14.4 Å². The van der Waals surface area contributed by atoms with Crippen molar-refractivity contribution in [3.63, 3.8) is 0 Å². The van der Waals surface area contributed by atoms with Crippen LogP contribution >= 0.6 is 0 Å². The van der Waals surface area contributed by atoms with Gasteiger partial charge >= 0.3 is 0 Å². The minimum atomic E-state index is 0.452. The lowest BCUT2D eigenvalue weighted by molar-refractivity contribution is 0.251. The standard InChI is InChI=1S/C14H17N5O2/c1-20-13-6-12(17-10-18-13)19-5-2-11(8-19)9-21-14-7-15-3-4-16-14/h3-4,6-7,10-11H,2,5,8-9H2,1H3. The third kappa shape index (κ3) is 3.36. The van der Waals surface area contributed by atoms with Gasteiger partial charge in [-0.15, -0.1) is 0 Å². The fourth-order valence-electron chi connectivity index (χ4n) is 2.35. The van der Waals surface area contributed by atoms with E-state index in [1.165, 1.54) is 6.33 Å². The number of hydrogen-bond acceptors (Lipinski definition) is 7. The summed E-state index contributed by atoms with van der Waals surface area (Å²) in [4.78, 5) is 18.6. The van der Waals surface area contributed by atoms with E-state index < -0.39 is 0 Å². The van der Waals surface area contributed by atoms with Crippen molar-refractivity contribution < 1.29 is 9.47 Å². The molecular formula is C14H17N5O2. The molecule has 0 bridgehead atoms.